The molecule has 0 unspecified atom stereocenters. The topological polar surface area (TPSA) is 0 Å². The Labute approximate surface area is 63.3 Å². The highest BCUT2D eigenvalue weighted by Gasteiger charge is 1.74. The standard InChI is InChI=1S/C10H14/c1-4-5-6-7-8-9-10(2)3/h4-8H,1-2,9H2,3H3/b6-5-,8-7-. The third-order valence-corrected chi connectivity index (χ3v) is 0.961. The Morgan fingerprint density at radius 1 is 1.30 bits per heavy atom. The summed E-state index contributed by atoms with van der Waals surface area (Å²) in [7, 11) is 0. The first-order valence-electron chi connectivity index (χ1n) is 3.36. The van der Waals surface area contributed by atoms with E-state index in [1.807, 2.05) is 25.2 Å². The van der Waals surface area contributed by atoms with Crippen molar-refractivity contribution < 1.29 is 0 Å². The van der Waals surface area contributed by atoms with Gasteiger partial charge in [0.1, 0.15) is 0 Å². The Kier molecular flexibility index (Phi) is 5.45. The van der Waals surface area contributed by atoms with Gasteiger partial charge in [0.15, 0.2) is 0 Å². The molecule has 0 aromatic heterocycles. The molecule has 0 atom stereocenters. The fourth-order valence-corrected chi connectivity index (χ4v) is 0.491. The van der Waals surface area contributed by atoms with Crippen molar-refractivity contribution in [1.82, 2.24) is 0 Å². The first-order valence-corrected chi connectivity index (χ1v) is 3.36. The monoisotopic (exact) mass is 134 g/mol. The molecule has 0 aromatic rings. The largest absolute Gasteiger partial charge is 0.0998 e. The number of rotatable bonds is 4. The van der Waals surface area contributed by atoms with Gasteiger partial charge < -0.3 is 0 Å². The minimum atomic E-state index is 0.960. The molecule has 0 heterocycles. The van der Waals surface area contributed by atoms with Gasteiger partial charge in [0.25, 0.3) is 0 Å². The highest BCUT2D eigenvalue weighted by atomic mass is 13.8. The summed E-state index contributed by atoms with van der Waals surface area (Å²) in [6, 6.07) is 0. The molecule has 0 nitrogen and oxygen atoms in total. The molecule has 0 heteroatoms. The van der Waals surface area contributed by atoms with E-state index in [2.05, 4.69) is 19.2 Å². The zero-order chi connectivity index (χ0) is 7.82. The minimum Gasteiger partial charge on any atom is -0.0998 e. The van der Waals surface area contributed by atoms with Crippen LogP contribution in [-0.2, 0) is 0 Å². The highest BCUT2D eigenvalue weighted by Crippen LogP contribution is 1.95. The zero-order valence-corrected chi connectivity index (χ0v) is 6.51. The van der Waals surface area contributed by atoms with Gasteiger partial charge in [0.2, 0.25) is 0 Å². The Morgan fingerprint density at radius 2 is 2.00 bits per heavy atom. The highest BCUT2D eigenvalue weighted by molar-refractivity contribution is 5.11. The van der Waals surface area contributed by atoms with Crippen LogP contribution in [0.4, 0.5) is 0 Å². The van der Waals surface area contributed by atoms with Gasteiger partial charge in [-0.1, -0.05) is 49.1 Å². The van der Waals surface area contributed by atoms with E-state index >= 15 is 0 Å². The molecular weight excluding hydrogens is 120 g/mol. The van der Waals surface area contributed by atoms with Crippen LogP contribution in [0.25, 0.3) is 0 Å². The summed E-state index contributed by atoms with van der Waals surface area (Å²) >= 11 is 0. The molecule has 0 saturated heterocycles. The van der Waals surface area contributed by atoms with Crippen LogP contribution in [0, 0.1) is 0 Å². The van der Waals surface area contributed by atoms with E-state index in [4.69, 9.17) is 0 Å². The predicted molar refractivity (Wildman–Crippen MR) is 47.9 cm³/mol. The quantitative estimate of drug-likeness (QED) is 0.409. The predicted octanol–water partition coefficient (Wildman–Crippen LogP) is 3.25. The molecule has 0 aliphatic rings. The van der Waals surface area contributed by atoms with Crippen molar-refractivity contribution in [3.63, 3.8) is 0 Å². The molecule has 0 aliphatic heterocycles. The number of hydrogen-bond acceptors (Lipinski definition) is 0. The lowest BCUT2D eigenvalue weighted by molar-refractivity contribution is 1.23. The van der Waals surface area contributed by atoms with Crippen molar-refractivity contribution in [2.45, 2.75) is 13.3 Å². The van der Waals surface area contributed by atoms with E-state index in [1.54, 1.807) is 6.08 Å². The van der Waals surface area contributed by atoms with Gasteiger partial charge in [-0.3, -0.25) is 0 Å². The summed E-state index contributed by atoms with van der Waals surface area (Å²) in [5.41, 5.74) is 1.18. The van der Waals surface area contributed by atoms with Crippen molar-refractivity contribution in [3.05, 3.63) is 49.1 Å². The molecule has 0 bridgehead atoms. The Bertz CT molecular complexity index is 159. The zero-order valence-electron chi connectivity index (χ0n) is 6.51. The maximum Gasteiger partial charge on any atom is -0.0141 e. The van der Waals surface area contributed by atoms with Crippen molar-refractivity contribution >= 4 is 0 Å². The SMILES string of the molecule is C=C/C=C\C=C/CC(=C)C. The lowest BCUT2D eigenvalue weighted by Gasteiger charge is -1.85. The van der Waals surface area contributed by atoms with E-state index in [1.165, 1.54) is 5.57 Å². The summed E-state index contributed by atoms with van der Waals surface area (Å²) in [6.07, 6.45) is 10.6. The van der Waals surface area contributed by atoms with Crippen LogP contribution in [-0.4, -0.2) is 0 Å². The van der Waals surface area contributed by atoms with Gasteiger partial charge in [0.05, 0.1) is 0 Å². The van der Waals surface area contributed by atoms with Gasteiger partial charge in [-0.15, -0.1) is 0 Å². The van der Waals surface area contributed by atoms with Crippen LogP contribution >= 0.6 is 0 Å². The fourth-order valence-electron chi connectivity index (χ4n) is 0.491. The third-order valence-electron chi connectivity index (χ3n) is 0.961. The molecule has 10 heavy (non-hydrogen) atoms. The maximum atomic E-state index is 3.78. The minimum absolute atomic E-state index is 0.960. The fraction of sp³-hybridized carbons (Fsp3) is 0.200. The molecule has 0 aromatic carbocycles. The van der Waals surface area contributed by atoms with Crippen molar-refractivity contribution in [2.24, 2.45) is 0 Å². The number of allylic oxidation sites excluding steroid dienone is 6. The summed E-state index contributed by atoms with van der Waals surface area (Å²) in [5.74, 6) is 0. The molecule has 0 amide bonds. The summed E-state index contributed by atoms with van der Waals surface area (Å²) in [6.45, 7) is 9.35. The molecule has 0 N–H and O–H groups in total. The van der Waals surface area contributed by atoms with Crippen LogP contribution in [0.1, 0.15) is 13.3 Å². The summed E-state index contributed by atoms with van der Waals surface area (Å²) in [5, 5.41) is 0. The lowest BCUT2D eigenvalue weighted by atomic mass is 10.2. The maximum absolute atomic E-state index is 3.78. The first-order chi connectivity index (χ1) is 4.77. The summed E-state index contributed by atoms with van der Waals surface area (Å²) < 4.78 is 0. The normalized spacial score (nSPS) is 10.9. The van der Waals surface area contributed by atoms with Crippen LogP contribution in [0.2, 0.25) is 0 Å². The summed E-state index contributed by atoms with van der Waals surface area (Å²) in [4.78, 5) is 0. The number of hydrogen-bond donors (Lipinski definition) is 0. The van der Waals surface area contributed by atoms with Gasteiger partial charge >= 0.3 is 0 Å². The molecule has 0 fully saturated rings. The molecule has 0 aliphatic carbocycles. The second-order valence-electron chi connectivity index (χ2n) is 2.21. The average Bonchev–Trinajstić information content (AvgIpc) is 1.87. The molecule has 0 spiro atoms. The second kappa shape index (κ2) is 6.09. The van der Waals surface area contributed by atoms with Crippen molar-refractivity contribution in [2.75, 3.05) is 0 Å². The Morgan fingerprint density at radius 3 is 2.50 bits per heavy atom. The van der Waals surface area contributed by atoms with E-state index in [9.17, 15) is 0 Å². The van der Waals surface area contributed by atoms with E-state index < -0.39 is 0 Å². The van der Waals surface area contributed by atoms with Gasteiger partial charge in [0, 0.05) is 0 Å². The molecule has 54 valence electrons. The average molecular weight is 134 g/mol. The molecule has 0 saturated carbocycles. The van der Waals surface area contributed by atoms with E-state index in [0.717, 1.165) is 6.42 Å². The van der Waals surface area contributed by atoms with Gasteiger partial charge in [-0.25, -0.2) is 0 Å². The Hall–Kier alpha value is -1.04. The van der Waals surface area contributed by atoms with Gasteiger partial charge in [-0.05, 0) is 13.3 Å². The van der Waals surface area contributed by atoms with Crippen LogP contribution in [0.5, 0.6) is 0 Å². The Balaban J connectivity index is 3.46. The van der Waals surface area contributed by atoms with E-state index in [0.29, 0.717) is 0 Å². The van der Waals surface area contributed by atoms with Crippen LogP contribution in [0.3, 0.4) is 0 Å². The van der Waals surface area contributed by atoms with E-state index in [-0.39, 0.29) is 0 Å². The van der Waals surface area contributed by atoms with Crippen molar-refractivity contribution in [1.29, 1.82) is 0 Å². The van der Waals surface area contributed by atoms with Gasteiger partial charge in [-0.2, -0.15) is 0 Å². The second-order valence-corrected chi connectivity index (χ2v) is 2.21. The van der Waals surface area contributed by atoms with Crippen LogP contribution < -0.4 is 0 Å². The molecular formula is C10H14. The third kappa shape index (κ3) is 6.96. The lowest BCUT2D eigenvalue weighted by Crippen LogP contribution is -1.64. The van der Waals surface area contributed by atoms with Crippen LogP contribution in [0.15, 0.2) is 49.1 Å². The molecule has 0 radical (unpaired) electrons. The molecule has 0 rings (SSSR count). The van der Waals surface area contributed by atoms with Crippen molar-refractivity contribution in [3.8, 4) is 0 Å². The first kappa shape index (κ1) is 8.96. The smallest absolute Gasteiger partial charge is 0.0141 e.